The molecule has 0 radical (unpaired) electrons. The molecule has 0 bridgehead atoms. The number of rotatable bonds is 2. The molecule has 0 unspecified atom stereocenters. The van der Waals surface area contributed by atoms with Gasteiger partial charge in [-0.05, 0) is 93.3 Å². The van der Waals surface area contributed by atoms with Crippen molar-refractivity contribution in [2.24, 2.45) is 0 Å². The van der Waals surface area contributed by atoms with Crippen LogP contribution in [0.5, 0.6) is 0 Å². The van der Waals surface area contributed by atoms with E-state index in [1.807, 2.05) is 18.3 Å². The molecule has 6 heteroatoms. The van der Waals surface area contributed by atoms with Crippen molar-refractivity contribution >= 4 is 33.4 Å². The minimum absolute atomic E-state index is 0.0146. The van der Waals surface area contributed by atoms with Gasteiger partial charge in [0.2, 0.25) is 0 Å². The second kappa shape index (κ2) is 6.64. The Bertz CT molecular complexity index is 1570. The van der Waals surface area contributed by atoms with Crippen LogP contribution in [0.2, 0.25) is 0 Å². The first-order valence-corrected chi connectivity index (χ1v) is 10.7. The van der Waals surface area contributed by atoms with Crippen molar-refractivity contribution in [1.29, 1.82) is 0 Å². The van der Waals surface area contributed by atoms with Crippen molar-refractivity contribution in [3.8, 4) is 5.82 Å². The van der Waals surface area contributed by atoms with Crippen LogP contribution in [0.3, 0.4) is 0 Å². The smallest absolute Gasteiger partial charge is 0.274 e. The summed E-state index contributed by atoms with van der Waals surface area (Å²) in [4.78, 5) is 23.2. The molecule has 4 aromatic heterocycles. The van der Waals surface area contributed by atoms with Gasteiger partial charge >= 0.3 is 0 Å². The molecule has 0 saturated heterocycles. The van der Waals surface area contributed by atoms with E-state index in [1.54, 1.807) is 4.40 Å². The van der Waals surface area contributed by atoms with Gasteiger partial charge in [0, 0.05) is 17.6 Å². The van der Waals surface area contributed by atoms with Gasteiger partial charge in [-0.3, -0.25) is 4.79 Å². The zero-order valence-corrected chi connectivity index (χ0v) is 18.5. The van der Waals surface area contributed by atoms with Crippen molar-refractivity contribution in [3.63, 3.8) is 0 Å². The van der Waals surface area contributed by atoms with E-state index in [-0.39, 0.29) is 5.56 Å². The summed E-state index contributed by atoms with van der Waals surface area (Å²) in [7, 11) is 0. The molecular weight excluding hydrogens is 392 g/mol. The molecule has 0 fully saturated rings. The SMILES string of the molecule is Cc1ccnc(-n2c(C)cc(/C=c3\sc4nc5cc(C)c(C)cc5n4c3=O)c2C)c1. The highest BCUT2D eigenvalue weighted by molar-refractivity contribution is 7.15. The average Bonchev–Trinajstić information content (AvgIpc) is 3.27. The molecule has 4 heterocycles. The van der Waals surface area contributed by atoms with Crippen LogP contribution in [0.25, 0.3) is 27.9 Å². The third-order valence-electron chi connectivity index (χ3n) is 5.74. The zero-order chi connectivity index (χ0) is 21.2. The molecule has 0 aliphatic heterocycles. The van der Waals surface area contributed by atoms with Gasteiger partial charge in [0.1, 0.15) is 5.82 Å². The van der Waals surface area contributed by atoms with Gasteiger partial charge in [0.15, 0.2) is 4.96 Å². The summed E-state index contributed by atoms with van der Waals surface area (Å²) in [6, 6.07) is 10.3. The largest absolute Gasteiger partial charge is 0.303 e. The molecule has 0 amide bonds. The van der Waals surface area contributed by atoms with Gasteiger partial charge in [-0.15, -0.1) is 0 Å². The molecule has 30 heavy (non-hydrogen) atoms. The monoisotopic (exact) mass is 414 g/mol. The maximum atomic E-state index is 13.2. The molecule has 0 atom stereocenters. The summed E-state index contributed by atoms with van der Waals surface area (Å²) in [6.45, 7) is 10.3. The van der Waals surface area contributed by atoms with Crippen LogP contribution in [0, 0.1) is 34.6 Å². The predicted octanol–water partition coefficient (Wildman–Crippen LogP) is 4.18. The molecule has 0 aliphatic carbocycles. The molecule has 5 rings (SSSR count). The lowest BCUT2D eigenvalue weighted by Gasteiger charge is -2.08. The molecular formula is C24H22N4OS. The first-order valence-electron chi connectivity index (χ1n) is 9.89. The lowest BCUT2D eigenvalue weighted by Crippen LogP contribution is -2.22. The third kappa shape index (κ3) is 2.79. The number of fused-ring (bicyclic) bond motifs is 3. The fraction of sp³-hybridized carbons (Fsp3) is 0.208. The second-order valence-electron chi connectivity index (χ2n) is 7.92. The predicted molar refractivity (Wildman–Crippen MR) is 123 cm³/mol. The Morgan fingerprint density at radius 1 is 1.00 bits per heavy atom. The summed E-state index contributed by atoms with van der Waals surface area (Å²) < 4.78 is 4.55. The highest BCUT2D eigenvalue weighted by atomic mass is 32.1. The van der Waals surface area contributed by atoms with Crippen LogP contribution in [0.4, 0.5) is 0 Å². The van der Waals surface area contributed by atoms with E-state index in [2.05, 4.69) is 73.4 Å². The van der Waals surface area contributed by atoms with Gasteiger partial charge in [-0.25, -0.2) is 14.4 Å². The summed E-state index contributed by atoms with van der Waals surface area (Å²) in [5.41, 5.74) is 8.42. The van der Waals surface area contributed by atoms with E-state index in [0.29, 0.717) is 4.53 Å². The summed E-state index contributed by atoms with van der Waals surface area (Å²) in [5, 5.41) is 0. The Hall–Kier alpha value is -3.25. The molecule has 0 N–H and O–H groups in total. The van der Waals surface area contributed by atoms with Gasteiger partial charge in [-0.1, -0.05) is 11.3 Å². The standard InChI is InChI=1S/C24H22N4OS/c1-13-6-7-25-22(8-13)27-16(4)11-18(17(27)5)12-21-23(29)28-20-10-15(3)14(2)9-19(20)26-24(28)30-21/h6-12H,1-5H3/b21-12-. The number of hydrogen-bond acceptors (Lipinski definition) is 4. The van der Waals surface area contributed by atoms with E-state index >= 15 is 0 Å². The minimum atomic E-state index is -0.0146. The van der Waals surface area contributed by atoms with Crippen molar-refractivity contribution < 1.29 is 0 Å². The fourth-order valence-corrected chi connectivity index (χ4v) is 4.97. The van der Waals surface area contributed by atoms with Crippen molar-refractivity contribution in [2.75, 3.05) is 0 Å². The number of thiazole rings is 1. The Morgan fingerprint density at radius 3 is 2.53 bits per heavy atom. The molecule has 0 aliphatic rings. The molecule has 5 aromatic rings. The Balaban J connectivity index is 1.71. The van der Waals surface area contributed by atoms with Crippen molar-refractivity contribution in [2.45, 2.75) is 34.6 Å². The molecule has 0 spiro atoms. The van der Waals surface area contributed by atoms with Gasteiger partial charge in [0.05, 0.1) is 15.6 Å². The van der Waals surface area contributed by atoms with Gasteiger partial charge in [0.25, 0.3) is 5.56 Å². The van der Waals surface area contributed by atoms with Crippen LogP contribution in [-0.4, -0.2) is 18.9 Å². The number of imidazole rings is 1. The number of pyridine rings is 1. The number of hydrogen-bond donors (Lipinski definition) is 0. The highest BCUT2D eigenvalue weighted by Gasteiger charge is 2.14. The highest BCUT2D eigenvalue weighted by Crippen LogP contribution is 2.22. The molecule has 5 nitrogen and oxygen atoms in total. The first kappa shape index (κ1) is 18.8. The van der Waals surface area contributed by atoms with E-state index in [1.165, 1.54) is 16.9 Å². The zero-order valence-electron chi connectivity index (χ0n) is 17.6. The summed E-state index contributed by atoms with van der Waals surface area (Å²) >= 11 is 1.44. The van der Waals surface area contributed by atoms with Crippen molar-refractivity contribution in [3.05, 3.63) is 85.1 Å². The normalized spacial score (nSPS) is 12.5. The topological polar surface area (TPSA) is 52.2 Å². The second-order valence-corrected chi connectivity index (χ2v) is 8.93. The minimum Gasteiger partial charge on any atom is -0.303 e. The lowest BCUT2D eigenvalue weighted by molar-refractivity contribution is 0.918. The van der Waals surface area contributed by atoms with E-state index in [4.69, 9.17) is 0 Å². The van der Waals surface area contributed by atoms with Crippen LogP contribution in [0.15, 0.2) is 41.3 Å². The van der Waals surface area contributed by atoms with Gasteiger partial charge < -0.3 is 4.57 Å². The van der Waals surface area contributed by atoms with Gasteiger partial charge in [-0.2, -0.15) is 0 Å². The number of benzene rings is 1. The van der Waals surface area contributed by atoms with Crippen LogP contribution in [0.1, 0.15) is 33.6 Å². The maximum absolute atomic E-state index is 13.2. The summed E-state index contributed by atoms with van der Waals surface area (Å²) in [5.74, 6) is 0.893. The number of aryl methyl sites for hydroxylation is 4. The molecule has 0 saturated carbocycles. The lowest BCUT2D eigenvalue weighted by atomic mass is 10.1. The Labute approximate surface area is 178 Å². The molecule has 1 aromatic carbocycles. The average molecular weight is 415 g/mol. The molecule has 150 valence electrons. The van der Waals surface area contributed by atoms with E-state index in [9.17, 15) is 4.79 Å². The van der Waals surface area contributed by atoms with Crippen molar-refractivity contribution in [1.82, 2.24) is 18.9 Å². The quantitative estimate of drug-likeness (QED) is 0.435. The fourth-order valence-electron chi connectivity index (χ4n) is 3.99. The van der Waals surface area contributed by atoms with Crippen LogP contribution < -0.4 is 10.1 Å². The van der Waals surface area contributed by atoms with Crippen LogP contribution >= 0.6 is 11.3 Å². The summed E-state index contributed by atoms with van der Waals surface area (Å²) in [6.07, 6.45) is 3.80. The van der Waals surface area contributed by atoms with E-state index < -0.39 is 0 Å². The number of aromatic nitrogens is 4. The van der Waals surface area contributed by atoms with E-state index in [0.717, 1.165) is 49.9 Å². The van der Waals surface area contributed by atoms with Crippen LogP contribution in [-0.2, 0) is 0 Å². The first-order chi connectivity index (χ1) is 14.3. The third-order valence-corrected chi connectivity index (χ3v) is 6.71. The maximum Gasteiger partial charge on any atom is 0.274 e. The number of nitrogens with zero attached hydrogens (tertiary/aromatic N) is 4. The Kier molecular flexibility index (Phi) is 4.15. The Morgan fingerprint density at radius 2 is 1.77 bits per heavy atom.